The van der Waals surface area contributed by atoms with E-state index >= 15 is 0 Å². The summed E-state index contributed by atoms with van der Waals surface area (Å²) in [6.45, 7) is 4.59. The predicted molar refractivity (Wildman–Crippen MR) is 77.9 cm³/mol. The van der Waals surface area contributed by atoms with Gasteiger partial charge < -0.3 is 11.1 Å². The molecule has 4 heteroatoms. The van der Waals surface area contributed by atoms with E-state index in [1.165, 1.54) is 25.7 Å². The van der Waals surface area contributed by atoms with Crippen molar-refractivity contribution in [1.82, 2.24) is 4.98 Å². The van der Waals surface area contributed by atoms with Crippen molar-refractivity contribution < 1.29 is 0 Å². The zero-order chi connectivity index (χ0) is 13.1. The maximum Gasteiger partial charge on any atom is 0.145 e. The fourth-order valence-electron chi connectivity index (χ4n) is 2.87. The molecule has 2 atom stereocenters. The molecular formula is C14H22ClN3. The first-order chi connectivity index (χ1) is 8.58. The predicted octanol–water partition coefficient (Wildman–Crippen LogP) is 3.94. The summed E-state index contributed by atoms with van der Waals surface area (Å²) in [7, 11) is 0. The van der Waals surface area contributed by atoms with Crippen LogP contribution in [0.3, 0.4) is 0 Å². The van der Waals surface area contributed by atoms with Gasteiger partial charge in [-0.3, -0.25) is 0 Å². The number of nitrogen functional groups attached to an aromatic ring is 1. The lowest BCUT2D eigenvalue weighted by Crippen LogP contribution is -2.35. The highest BCUT2D eigenvalue weighted by molar-refractivity contribution is 6.33. The molecule has 0 amide bonds. The molecule has 100 valence electrons. The molecule has 1 heterocycles. The topological polar surface area (TPSA) is 50.9 Å². The summed E-state index contributed by atoms with van der Waals surface area (Å²) < 4.78 is 0. The van der Waals surface area contributed by atoms with Crippen molar-refractivity contribution >= 4 is 23.1 Å². The highest BCUT2D eigenvalue weighted by Gasteiger charge is 2.28. The first-order valence-corrected chi connectivity index (χ1v) is 7.13. The number of pyridine rings is 1. The number of halogens is 1. The first kappa shape index (κ1) is 13.5. The quantitative estimate of drug-likeness (QED) is 0.872. The monoisotopic (exact) mass is 267 g/mol. The molecule has 3 nitrogen and oxygen atoms in total. The lowest BCUT2D eigenvalue weighted by atomic mass is 9.78. The van der Waals surface area contributed by atoms with Crippen LogP contribution in [0.1, 0.15) is 39.5 Å². The molecule has 1 saturated carbocycles. The number of hydrogen-bond donors (Lipinski definition) is 2. The zero-order valence-corrected chi connectivity index (χ0v) is 11.9. The Bertz CT molecular complexity index is 406. The molecule has 18 heavy (non-hydrogen) atoms. The van der Waals surface area contributed by atoms with Crippen molar-refractivity contribution in [3.05, 3.63) is 17.3 Å². The Morgan fingerprint density at radius 3 is 2.78 bits per heavy atom. The number of anilines is 2. The van der Waals surface area contributed by atoms with Gasteiger partial charge in [-0.25, -0.2) is 4.98 Å². The maximum absolute atomic E-state index is 6.17. The smallest absolute Gasteiger partial charge is 0.145 e. The number of rotatable bonds is 3. The van der Waals surface area contributed by atoms with Gasteiger partial charge in [-0.05, 0) is 30.7 Å². The maximum atomic E-state index is 6.17. The Hall–Kier alpha value is -0.960. The van der Waals surface area contributed by atoms with Crippen LogP contribution in [-0.4, -0.2) is 11.0 Å². The summed E-state index contributed by atoms with van der Waals surface area (Å²) >= 11 is 6.17. The largest absolute Gasteiger partial charge is 0.397 e. The molecule has 1 aromatic heterocycles. The van der Waals surface area contributed by atoms with Crippen LogP contribution in [0.15, 0.2) is 12.3 Å². The Morgan fingerprint density at radius 1 is 1.39 bits per heavy atom. The van der Waals surface area contributed by atoms with E-state index in [-0.39, 0.29) is 0 Å². The average Bonchev–Trinajstić information content (AvgIpc) is 2.33. The van der Waals surface area contributed by atoms with Crippen molar-refractivity contribution in [1.29, 1.82) is 0 Å². The average molecular weight is 268 g/mol. The molecule has 0 bridgehead atoms. The van der Waals surface area contributed by atoms with Crippen molar-refractivity contribution in [3.63, 3.8) is 0 Å². The lowest BCUT2D eigenvalue weighted by Gasteiger charge is -2.35. The van der Waals surface area contributed by atoms with Crippen LogP contribution in [0, 0.1) is 11.8 Å². The second-order valence-corrected chi connectivity index (χ2v) is 5.95. The van der Waals surface area contributed by atoms with E-state index < -0.39 is 0 Å². The third kappa shape index (κ3) is 3.08. The van der Waals surface area contributed by atoms with Gasteiger partial charge in [0.25, 0.3) is 0 Å². The second-order valence-electron chi connectivity index (χ2n) is 5.54. The molecule has 3 N–H and O–H groups in total. The third-order valence-corrected chi connectivity index (χ3v) is 4.15. The van der Waals surface area contributed by atoms with Gasteiger partial charge in [-0.15, -0.1) is 0 Å². The highest BCUT2D eigenvalue weighted by Crippen LogP contribution is 2.33. The Balaban J connectivity index is 2.11. The second kappa shape index (κ2) is 5.79. The van der Waals surface area contributed by atoms with Crippen LogP contribution in [0.25, 0.3) is 0 Å². The van der Waals surface area contributed by atoms with Crippen LogP contribution in [0.4, 0.5) is 11.5 Å². The molecule has 1 fully saturated rings. The van der Waals surface area contributed by atoms with E-state index in [4.69, 9.17) is 17.3 Å². The number of aromatic nitrogens is 1. The standard InChI is InChI=1S/C14H22ClN3/c1-9(2)11-5-3-4-6-13(11)18-14-12(15)7-10(16)8-17-14/h7-9,11,13H,3-6,16H2,1-2H3,(H,17,18). The van der Waals surface area contributed by atoms with Gasteiger partial charge in [0, 0.05) is 6.04 Å². The number of nitrogens with two attached hydrogens (primary N) is 1. The normalized spacial score (nSPS) is 24.2. The van der Waals surface area contributed by atoms with Crippen LogP contribution >= 0.6 is 11.6 Å². The molecule has 1 aliphatic rings. The van der Waals surface area contributed by atoms with Crippen molar-refractivity contribution in [2.24, 2.45) is 11.8 Å². The van der Waals surface area contributed by atoms with Gasteiger partial charge in [-0.2, -0.15) is 0 Å². The number of hydrogen-bond acceptors (Lipinski definition) is 3. The fraction of sp³-hybridized carbons (Fsp3) is 0.643. The summed E-state index contributed by atoms with van der Waals surface area (Å²) in [6, 6.07) is 2.23. The summed E-state index contributed by atoms with van der Waals surface area (Å²) in [5.41, 5.74) is 6.27. The molecule has 2 rings (SSSR count). The van der Waals surface area contributed by atoms with E-state index in [0.717, 1.165) is 5.82 Å². The van der Waals surface area contributed by atoms with Crippen molar-refractivity contribution in [3.8, 4) is 0 Å². The molecule has 1 aromatic rings. The fourth-order valence-corrected chi connectivity index (χ4v) is 3.10. The van der Waals surface area contributed by atoms with E-state index in [1.54, 1.807) is 12.3 Å². The third-order valence-electron chi connectivity index (χ3n) is 3.86. The van der Waals surface area contributed by atoms with E-state index in [9.17, 15) is 0 Å². The molecule has 1 aliphatic carbocycles. The zero-order valence-electron chi connectivity index (χ0n) is 11.1. The van der Waals surface area contributed by atoms with Gasteiger partial charge in [0.15, 0.2) is 0 Å². The van der Waals surface area contributed by atoms with Gasteiger partial charge in [0.05, 0.1) is 16.9 Å². The summed E-state index contributed by atoms with van der Waals surface area (Å²) in [5, 5.41) is 4.12. The molecule has 2 unspecified atom stereocenters. The summed E-state index contributed by atoms with van der Waals surface area (Å²) in [4.78, 5) is 4.30. The number of nitrogens with one attached hydrogen (secondary N) is 1. The van der Waals surface area contributed by atoms with Crippen molar-refractivity contribution in [2.45, 2.75) is 45.6 Å². The van der Waals surface area contributed by atoms with E-state index in [0.29, 0.717) is 28.6 Å². The van der Waals surface area contributed by atoms with E-state index in [1.807, 2.05) is 0 Å². The number of nitrogens with zero attached hydrogens (tertiary/aromatic N) is 1. The summed E-state index contributed by atoms with van der Waals surface area (Å²) in [6.07, 6.45) is 6.77. The minimum atomic E-state index is 0.479. The Labute approximate surface area is 114 Å². The molecule has 0 aromatic carbocycles. The van der Waals surface area contributed by atoms with Gasteiger partial charge in [0.2, 0.25) is 0 Å². The Kier molecular flexibility index (Phi) is 4.33. The van der Waals surface area contributed by atoms with E-state index in [2.05, 4.69) is 24.1 Å². The SMILES string of the molecule is CC(C)C1CCCCC1Nc1ncc(N)cc1Cl. The molecule has 0 saturated heterocycles. The van der Waals surface area contributed by atoms with Crippen molar-refractivity contribution in [2.75, 3.05) is 11.1 Å². The van der Waals surface area contributed by atoms with Gasteiger partial charge in [-0.1, -0.05) is 38.3 Å². The van der Waals surface area contributed by atoms with Crippen LogP contribution in [-0.2, 0) is 0 Å². The molecular weight excluding hydrogens is 246 g/mol. The molecule has 0 radical (unpaired) electrons. The summed E-state index contributed by atoms with van der Waals surface area (Å²) in [5.74, 6) is 2.16. The lowest BCUT2D eigenvalue weighted by molar-refractivity contribution is 0.253. The van der Waals surface area contributed by atoms with Gasteiger partial charge in [0.1, 0.15) is 5.82 Å². The highest BCUT2D eigenvalue weighted by atomic mass is 35.5. The van der Waals surface area contributed by atoms with Crippen LogP contribution < -0.4 is 11.1 Å². The van der Waals surface area contributed by atoms with Crippen LogP contribution in [0.2, 0.25) is 5.02 Å². The molecule has 0 aliphatic heterocycles. The van der Waals surface area contributed by atoms with Gasteiger partial charge >= 0.3 is 0 Å². The first-order valence-electron chi connectivity index (χ1n) is 6.75. The minimum Gasteiger partial charge on any atom is -0.397 e. The van der Waals surface area contributed by atoms with Crippen LogP contribution in [0.5, 0.6) is 0 Å². The minimum absolute atomic E-state index is 0.479. The Morgan fingerprint density at radius 2 is 2.11 bits per heavy atom. The molecule has 0 spiro atoms.